The quantitative estimate of drug-likeness (QED) is 0.485. The Morgan fingerprint density at radius 2 is 1.67 bits per heavy atom. The van der Waals surface area contributed by atoms with Gasteiger partial charge in [-0.25, -0.2) is 0 Å². The van der Waals surface area contributed by atoms with Crippen molar-refractivity contribution >= 4 is 0 Å². The highest BCUT2D eigenvalue weighted by Gasteiger charge is 1.97. The van der Waals surface area contributed by atoms with Crippen LogP contribution < -0.4 is 0 Å². The van der Waals surface area contributed by atoms with E-state index in [1.165, 1.54) is 32.1 Å². The molecule has 0 N–H and O–H groups in total. The van der Waals surface area contributed by atoms with Crippen molar-refractivity contribution in [1.29, 1.82) is 0 Å². The fourth-order valence-corrected chi connectivity index (χ4v) is 1.86. The van der Waals surface area contributed by atoms with Gasteiger partial charge in [-0.3, -0.25) is 0 Å². The molecule has 0 radical (unpaired) electrons. The van der Waals surface area contributed by atoms with Crippen molar-refractivity contribution in [3.63, 3.8) is 0 Å². The summed E-state index contributed by atoms with van der Waals surface area (Å²) >= 11 is 0. The molecule has 84 valence electrons. The normalized spacial score (nSPS) is 33.9. The van der Waals surface area contributed by atoms with E-state index in [-0.39, 0.29) is 0 Å². The topological polar surface area (TPSA) is 0 Å². The molecule has 0 spiro atoms. The van der Waals surface area contributed by atoms with Crippen LogP contribution in [0.4, 0.5) is 0 Å². The molecular formula is C15H24. The molecule has 0 aromatic rings. The maximum Gasteiger partial charge on any atom is -0.0227 e. The molecule has 15 heavy (non-hydrogen) atoms. The van der Waals surface area contributed by atoms with E-state index in [0.29, 0.717) is 5.92 Å². The van der Waals surface area contributed by atoms with Crippen LogP contribution in [0.15, 0.2) is 35.5 Å². The van der Waals surface area contributed by atoms with Crippen molar-refractivity contribution in [2.24, 2.45) is 5.92 Å². The lowest BCUT2D eigenvalue weighted by Gasteiger charge is -2.06. The molecule has 0 heteroatoms. The Balaban J connectivity index is 2.62. The van der Waals surface area contributed by atoms with Gasteiger partial charge < -0.3 is 0 Å². The first kappa shape index (κ1) is 12.3. The predicted octanol–water partition coefficient (Wildman–Crippen LogP) is 5.04. The molecule has 0 aromatic heterocycles. The second-order valence-electron chi connectivity index (χ2n) is 4.82. The van der Waals surface area contributed by atoms with Crippen molar-refractivity contribution < 1.29 is 0 Å². The molecule has 0 nitrogen and oxygen atoms in total. The van der Waals surface area contributed by atoms with E-state index in [2.05, 4.69) is 45.1 Å². The smallest absolute Gasteiger partial charge is 0.0227 e. The highest BCUT2D eigenvalue weighted by molar-refractivity contribution is 5.06. The van der Waals surface area contributed by atoms with Gasteiger partial charge in [0.2, 0.25) is 0 Å². The van der Waals surface area contributed by atoms with Crippen molar-refractivity contribution in [1.82, 2.24) is 0 Å². The number of allylic oxidation sites excluding steroid dienone is 6. The first-order valence-corrected chi connectivity index (χ1v) is 6.16. The largest absolute Gasteiger partial charge is 0.0879 e. The predicted molar refractivity (Wildman–Crippen MR) is 68.9 cm³/mol. The molecule has 0 saturated carbocycles. The molecule has 0 aliphatic heterocycles. The fourth-order valence-electron chi connectivity index (χ4n) is 1.86. The standard InChI is InChI=1S/C15H24/c1-13-7-4-5-8-14(2)11-12-15(3)10-6-9-13/h5,8-9,12,14H,4,6-7,10-11H2,1-3H3/b8-5-,13-9-,15-12-. The van der Waals surface area contributed by atoms with E-state index < -0.39 is 0 Å². The van der Waals surface area contributed by atoms with Crippen LogP contribution in [0.25, 0.3) is 0 Å². The third-order valence-electron chi connectivity index (χ3n) is 3.04. The van der Waals surface area contributed by atoms with Gasteiger partial charge in [0.25, 0.3) is 0 Å². The summed E-state index contributed by atoms with van der Waals surface area (Å²) < 4.78 is 0. The second-order valence-corrected chi connectivity index (χ2v) is 4.82. The van der Waals surface area contributed by atoms with Gasteiger partial charge in [-0.15, -0.1) is 0 Å². The molecule has 1 rings (SSSR count). The van der Waals surface area contributed by atoms with Crippen molar-refractivity contribution in [3.05, 3.63) is 35.5 Å². The highest BCUT2D eigenvalue weighted by Crippen LogP contribution is 2.15. The Kier molecular flexibility index (Phi) is 5.45. The van der Waals surface area contributed by atoms with Gasteiger partial charge in [-0.1, -0.05) is 42.4 Å². The van der Waals surface area contributed by atoms with Crippen LogP contribution in [-0.4, -0.2) is 0 Å². The summed E-state index contributed by atoms with van der Waals surface area (Å²) in [6.07, 6.45) is 15.6. The average Bonchev–Trinajstić information content (AvgIpc) is 2.20. The van der Waals surface area contributed by atoms with Gasteiger partial charge >= 0.3 is 0 Å². The van der Waals surface area contributed by atoms with Crippen LogP contribution >= 0.6 is 0 Å². The SMILES string of the molecule is C/C1=C/CC/C(C)=C\CC(C)/C=C\CC1. The number of hydrogen-bond acceptors (Lipinski definition) is 0. The molecule has 1 aliphatic carbocycles. The summed E-state index contributed by atoms with van der Waals surface area (Å²) in [4.78, 5) is 0. The van der Waals surface area contributed by atoms with Crippen molar-refractivity contribution in [2.45, 2.75) is 52.9 Å². The molecule has 0 fully saturated rings. The lowest BCUT2D eigenvalue weighted by Crippen LogP contribution is -1.89. The van der Waals surface area contributed by atoms with Gasteiger partial charge in [0.1, 0.15) is 0 Å². The summed E-state index contributed by atoms with van der Waals surface area (Å²) in [7, 11) is 0. The van der Waals surface area contributed by atoms with Gasteiger partial charge in [0.05, 0.1) is 0 Å². The number of hydrogen-bond donors (Lipinski definition) is 0. The van der Waals surface area contributed by atoms with Crippen LogP contribution in [-0.2, 0) is 0 Å². The molecule has 0 aromatic carbocycles. The molecule has 0 amide bonds. The van der Waals surface area contributed by atoms with E-state index in [1.54, 1.807) is 11.1 Å². The van der Waals surface area contributed by atoms with Gasteiger partial charge in [0, 0.05) is 0 Å². The Morgan fingerprint density at radius 3 is 2.47 bits per heavy atom. The van der Waals surface area contributed by atoms with E-state index in [4.69, 9.17) is 0 Å². The van der Waals surface area contributed by atoms with Crippen LogP contribution in [0.2, 0.25) is 0 Å². The molecule has 1 atom stereocenters. The average molecular weight is 204 g/mol. The molecule has 0 heterocycles. The molecule has 0 saturated heterocycles. The van der Waals surface area contributed by atoms with Crippen molar-refractivity contribution in [2.75, 3.05) is 0 Å². The van der Waals surface area contributed by atoms with Crippen LogP contribution in [0, 0.1) is 5.92 Å². The Labute approximate surface area is 94.8 Å². The highest BCUT2D eigenvalue weighted by atomic mass is 14.0. The molecular weight excluding hydrogens is 180 g/mol. The van der Waals surface area contributed by atoms with Crippen LogP contribution in [0.1, 0.15) is 52.9 Å². The zero-order valence-corrected chi connectivity index (χ0v) is 10.4. The van der Waals surface area contributed by atoms with E-state index in [1.807, 2.05) is 0 Å². The Bertz CT molecular complexity index is 266. The summed E-state index contributed by atoms with van der Waals surface area (Å²) in [5.74, 6) is 0.698. The Morgan fingerprint density at radius 1 is 1.00 bits per heavy atom. The minimum atomic E-state index is 0.698. The van der Waals surface area contributed by atoms with Gasteiger partial charge in [-0.2, -0.15) is 0 Å². The zero-order valence-electron chi connectivity index (χ0n) is 10.4. The minimum Gasteiger partial charge on any atom is -0.0879 e. The zero-order chi connectivity index (χ0) is 11.1. The maximum atomic E-state index is 2.40. The van der Waals surface area contributed by atoms with E-state index >= 15 is 0 Å². The Hall–Kier alpha value is -0.780. The first-order valence-electron chi connectivity index (χ1n) is 6.16. The molecule has 0 bridgehead atoms. The van der Waals surface area contributed by atoms with E-state index in [0.717, 1.165) is 0 Å². The number of rotatable bonds is 0. The monoisotopic (exact) mass is 204 g/mol. The summed E-state index contributed by atoms with van der Waals surface area (Å²) in [5, 5.41) is 0. The van der Waals surface area contributed by atoms with Crippen LogP contribution in [0.5, 0.6) is 0 Å². The van der Waals surface area contributed by atoms with E-state index in [9.17, 15) is 0 Å². The third-order valence-corrected chi connectivity index (χ3v) is 3.04. The molecule has 1 aliphatic rings. The summed E-state index contributed by atoms with van der Waals surface area (Å²) in [6.45, 7) is 6.81. The van der Waals surface area contributed by atoms with Gasteiger partial charge in [0.15, 0.2) is 0 Å². The first-order chi connectivity index (χ1) is 7.18. The molecule has 1 unspecified atom stereocenters. The summed E-state index contributed by atoms with van der Waals surface area (Å²) in [6, 6.07) is 0. The minimum absolute atomic E-state index is 0.698. The third kappa shape index (κ3) is 5.61. The van der Waals surface area contributed by atoms with Crippen LogP contribution in [0.3, 0.4) is 0 Å². The second kappa shape index (κ2) is 6.66. The summed E-state index contributed by atoms with van der Waals surface area (Å²) in [5.41, 5.74) is 3.08. The fraction of sp³-hybridized carbons (Fsp3) is 0.600. The lowest BCUT2D eigenvalue weighted by atomic mass is 10.0. The van der Waals surface area contributed by atoms with Gasteiger partial charge in [-0.05, 0) is 51.9 Å². The maximum absolute atomic E-state index is 2.40. The van der Waals surface area contributed by atoms with Crippen molar-refractivity contribution in [3.8, 4) is 0 Å². The lowest BCUT2D eigenvalue weighted by molar-refractivity contribution is 0.729.